The summed E-state index contributed by atoms with van der Waals surface area (Å²) in [6, 6.07) is 0. The molecule has 0 amide bonds. The molecule has 0 aromatic carbocycles. The second-order valence-electron chi connectivity index (χ2n) is 6.61. The number of piperidine rings is 1. The number of imidazole rings is 1. The van der Waals surface area contributed by atoms with Crippen molar-refractivity contribution in [3.05, 3.63) is 29.9 Å². The van der Waals surface area contributed by atoms with Crippen LogP contribution in [0.3, 0.4) is 0 Å². The van der Waals surface area contributed by atoms with Gasteiger partial charge in [0.2, 0.25) is 5.89 Å². The van der Waals surface area contributed by atoms with Gasteiger partial charge in [-0.15, -0.1) is 0 Å². The molecule has 118 valence electrons. The van der Waals surface area contributed by atoms with Gasteiger partial charge in [0.25, 0.3) is 0 Å². The van der Waals surface area contributed by atoms with Crippen LogP contribution in [0.2, 0.25) is 0 Å². The molecule has 1 aliphatic carbocycles. The normalized spacial score (nSPS) is 26.4. The summed E-state index contributed by atoms with van der Waals surface area (Å²) in [5.41, 5.74) is 0.282. The number of nitrogens with zero attached hydrogens (tertiary/aromatic N) is 4. The molecular formula is C15H21N5O2. The van der Waals surface area contributed by atoms with Crippen molar-refractivity contribution < 1.29 is 9.63 Å². The summed E-state index contributed by atoms with van der Waals surface area (Å²) in [7, 11) is 0. The van der Waals surface area contributed by atoms with Crippen LogP contribution in [0.1, 0.15) is 49.0 Å². The first-order valence-electron chi connectivity index (χ1n) is 7.95. The van der Waals surface area contributed by atoms with Gasteiger partial charge in [-0.3, -0.25) is 4.90 Å². The number of β-amino-alcohol motifs (C(OH)–C–C–N with tert-alkyl or cyclic N) is 1. The standard InChI is InChI=1S/C15H21N5O2/c21-15(6-13-18-14(19-22-13)11-2-3-11)4-1-5-20(9-15)8-12-7-16-10-17-12/h7,10-11,21H,1-6,8-9H2,(H,16,17). The van der Waals surface area contributed by atoms with Crippen molar-refractivity contribution in [2.45, 2.75) is 50.2 Å². The monoisotopic (exact) mass is 303 g/mol. The van der Waals surface area contributed by atoms with Crippen LogP contribution in [-0.2, 0) is 13.0 Å². The Labute approximate surface area is 128 Å². The summed E-state index contributed by atoms with van der Waals surface area (Å²) in [5.74, 6) is 1.85. The van der Waals surface area contributed by atoms with Crippen molar-refractivity contribution in [2.24, 2.45) is 0 Å². The molecule has 2 fully saturated rings. The lowest BCUT2D eigenvalue weighted by Gasteiger charge is -2.38. The molecule has 4 rings (SSSR count). The molecule has 7 heteroatoms. The Morgan fingerprint density at radius 3 is 3.14 bits per heavy atom. The molecule has 7 nitrogen and oxygen atoms in total. The lowest BCUT2D eigenvalue weighted by molar-refractivity contribution is -0.0376. The zero-order valence-electron chi connectivity index (χ0n) is 12.5. The number of aliphatic hydroxyl groups is 1. The summed E-state index contributed by atoms with van der Waals surface area (Å²) in [4.78, 5) is 13.8. The molecule has 1 atom stereocenters. The maximum Gasteiger partial charge on any atom is 0.229 e. The first-order valence-corrected chi connectivity index (χ1v) is 7.95. The Kier molecular flexibility index (Phi) is 3.46. The van der Waals surface area contributed by atoms with E-state index in [9.17, 15) is 5.11 Å². The molecule has 0 bridgehead atoms. The number of H-pyrrole nitrogens is 1. The third kappa shape index (κ3) is 3.05. The lowest BCUT2D eigenvalue weighted by Crippen LogP contribution is -2.49. The van der Waals surface area contributed by atoms with Crippen LogP contribution < -0.4 is 0 Å². The minimum atomic E-state index is -0.786. The highest BCUT2D eigenvalue weighted by molar-refractivity contribution is 5.05. The fraction of sp³-hybridized carbons (Fsp3) is 0.667. The van der Waals surface area contributed by atoms with Crippen LogP contribution in [0, 0.1) is 0 Å². The average Bonchev–Trinajstić information content (AvgIpc) is 3.02. The second kappa shape index (κ2) is 5.48. The van der Waals surface area contributed by atoms with Crippen LogP contribution in [0.15, 0.2) is 17.0 Å². The van der Waals surface area contributed by atoms with E-state index in [0.717, 1.165) is 50.3 Å². The molecule has 2 N–H and O–H groups in total. The highest BCUT2D eigenvalue weighted by Crippen LogP contribution is 2.38. The Morgan fingerprint density at radius 2 is 2.36 bits per heavy atom. The summed E-state index contributed by atoms with van der Waals surface area (Å²) < 4.78 is 5.32. The fourth-order valence-corrected chi connectivity index (χ4v) is 3.23. The summed E-state index contributed by atoms with van der Waals surface area (Å²) in [6.45, 7) is 2.38. The van der Waals surface area contributed by atoms with Gasteiger partial charge in [-0.1, -0.05) is 5.16 Å². The highest BCUT2D eigenvalue weighted by Gasteiger charge is 2.36. The Bertz CT molecular complexity index is 622. The van der Waals surface area contributed by atoms with E-state index in [-0.39, 0.29) is 0 Å². The molecule has 3 heterocycles. The zero-order valence-corrected chi connectivity index (χ0v) is 12.5. The van der Waals surface area contributed by atoms with Crippen molar-refractivity contribution in [3.63, 3.8) is 0 Å². The van der Waals surface area contributed by atoms with E-state index in [2.05, 4.69) is 25.0 Å². The minimum Gasteiger partial charge on any atom is -0.388 e. The molecule has 1 saturated heterocycles. The zero-order chi connectivity index (χ0) is 15.0. The molecule has 22 heavy (non-hydrogen) atoms. The van der Waals surface area contributed by atoms with Gasteiger partial charge in [0.1, 0.15) is 0 Å². The molecule has 2 aromatic heterocycles. The van der Waals surface area contributed by atoms with Gasteiger partial charge < -0.3 is 14.6 Å². The first-order chi connectivity index (χ1) is 10.7. The molecule has 1 saturated carbocycles. The third-order valence-corrected chi connectivity index (χ3v) is 4.49. The first kappa shape index (κ1) is 13.9. The van der Waals surface area contributed by atoms with Crippen LogP contribution in [0.4, 0.5) is 0 Å². The van der Waals surface area contributed by atoms with Crippen LogP contribution in [0.25, 0.3) is 0 Å². The van der Waals surface area contributed by atoms with Gasteiger partial charge in [0, 0.05) is 30.9 Å². The predicted molar refractivity (Wildman–Crippen MR) is 78.0 cm³/mol. The third-order valence-electron chi connectivity index (χ3n) is 4.49. The lowest BCUT2D eigenvalue weighted by atomic mass is 9.89. The van der Waals surface area contributed by atoms with Crippen LogP contribution in [-0.4, -0.2) is 48.8 Å². The fourth-order valence-electron chi connectivity index (χ4n) is 3.23. The molecule has 2 aromatic rings. The summed E-state index contributed by atoms with van der Waals surface area (Å²) in [5, 5.41) is 14.9. The summed E-state index contributed by atoms with van der Waals surface area (Å²) in [6.07, 6.45) is 7.99. The van der Waals surface area contributed by atoms with E-state index in [1.165, 1.54) is 0 Å². The van der Waals surface area contributed by atoms with E-state index in [1.54, 1.807) is 6.33 Å². The number of nitrogens with one attached hydrogen (secondary N) is 1. The van der Waals surface area contributed by atoms with Crippen LogP contribution >= 0.6 is 0 Å². The number of hydrogen-bond donors (Lipinski definition) is 2. The van der Waals surface area contributed by atoms with E-state index < -0.39 is 5.60 Å². The minimum absolute atomic E-state index is 0.437. The predicted octanol–water partition coefficient (Wildman–Crippen LogP) is 1.24. The Balaban J connectivity index is 1.40. The van der Waals surface area contributed by atoms with Gasteiger partial charge in [-0.05, 0) is 32.2 Å². The Morgan fingerprint density at radius 1 is 1.45 bits per heavy atom. The molecule has 2 aliphatic rings. The Hall–Kier alpha value is -1.73. The van der Waals surface area contributed by atoms with E-state index >= 15 is 0 Å². The number of rotatable bonds is 5. The number of aromatic nitrogens is 4. The second-order valence-corrected chi connectivity index (χ2v) is 6.61. The molecule has 0 spiro atoms. The average molecular weight is 303 g/mol. The molecule has 0 radical (unpaired) electrons. The van der Waals surface area contributed by atoms with Crippen molar-refractivity contribution >= 4 is 0 Å². The quantitative estimate of drug-likeness (QED) is 0.863. The van der Waals surface area contributed by atoms with Gasteiger partial charge >= 0.3 is 0 Å². The van der Waals surface area contributed by atoms with E-state index in [1.807, 2.05) is 6.20 Å². The van der Waals surface area contributed by atoms with Crippen LogP contribution in [0.5, 0.6) is 0 Å². The molecule has 1 unspecified atom stereocenters. The van der Waals surface area contributed by atoms with Gasteiger partial charge in [-0.2, -0.15) is 4.98 Å². The maximum absolute atomic E-state index is 10.9. The topological polar surface area (TPSA) is 91.1 Å². The number of likely N-dealkylation sites (tertiary alicyclic amines) is 1. The summed E-state index contributed by atoms with van der Waals surface area (Å²) >= 11 is 0. The van der Waals surface area contributed by atoms with Gasteiger partial charge in [0.05, 0.1) is 18.3 Å². The van der Waals surface area contributed by atoms with Crippen molar-refractivity contribution in [1.82, 2.24) is 25.0 Å². The number of hydrogen-bond acceptors (Lipinski definition) is 6. The van der Waals surface area contributed by atoms with Crippen molar-refractivity contribution in [2.75, 3.05) is 13.1 Å². The van der Waals surface area contributed by atoms with Gasteiger partial charge in [0.15, 0.2) is 5.82 Å². The van der Waals surface area contributed by atoms with E-state index in [4.69, 9.17) is 4.52 Å². The van der Waals surface area contributed by atoms with Crippen molar-refractivity contribution in [3.8, 4) is 0 Å². The molecular weight excluding hydrogens is 282 g/mol. The molecule has 1 aliphatic heterocycles. The highest BCUT2D eigenvalue weighted by atomic mass is 16.5. The van der Waals surface area contributed by atoms with Crippen molar-refractivity contribution in [1.29, 1.82) is 0 Å². The van der Waals surface area contributed by atoms with Gasteiger partial charge in [-0.25, -0.2) is 4.98 Å². The maximum atomic E-state index is 10.9. The number of aromatic amines is 1. The largest absolute Gasteiger partial charge is 0.388 e. The van der Waals surface area contributed by atoms with E-state index in [0.29, 0.717) is 24.8 Å². The SMILES string of the molecule is OC1(Cc2nc(C3CC3)no2)CCCN(Cc2cnc[nH]2)C1. The smallest absolute Gasteiger partial charge is 0.229 e.